The molecular weight excluding hydrogens is 188 g/mol. The van der Waals surface area contributed by atoms with Crippen molar-refractivity contribution in [1.82, 2.24) is 9.97 Å². The fraction of sp³-hybridized carbons (Fsp3) is 0.417. The summed E-state index contributed by atoms with van der Waals surface area (Å²) in [5, 5.41) is 0. The Balaban J connectivity index is 2.16. The number of imidazole rings is 1. The normalized spacial score (nSPS) is 11.1. The van der Waals surface area contributed by atoms with Crippen LogP contribution in [0.15, 0.2) is 18.2 Å². The largest absolute Gasteiger partial charge is 0.374 e. The highest BCUT2D eigenvalue weighted by molar-refractivity contribution is 5.75. The smallest absolute Gasteiger partial charge is 0.133 e. The van der Waals surface area contributed by atoms with Crippen LogP contribution in [0, 0.1) is 6.92 Å². The van der Waals surface area contributed by atoms with Crippen molar-refractivity contribution in [2.45, 2.75) is 26.9 Å². The highest BCUT2D eigenvalue weighted by atomic mass is 16.5. The van der Waals surface area contributed by atoms with Crippen LogP contribution in [-0.4, -0.2) is 16.6 Å². The Morgan fingerprint density at radius 1 is 1.40 bits per heavy atom. The lowest BCUT2D eigenvalue weighted by Crippen LogP contribution is -1.95. The number of hydrogen-bond acceptors (Lipinski definition) is 2. The Morgan fingerprint density at radius 3 is 3.07 bits per heavy atom. The minimum atomic E-state index is 0.571. The Labute approximate surface area is 89.5 Å². The molecule has 1 heterocycles. The summed E-state index contributed by atoms with van der Waals surface area (Å²) in [4.78, 5) is 7.70. The fourth-order valence-electron chi connectivity index (χ4n) is 1.56. The maximum atomic E-state index is 5.43. The Bertz CT molecular complexity index is 448. The van der Waals surface area contributed by atoms with Crippen LogP contribution in [0.1, 0.15) is 24.7 Å². The maximum Gasteiger partial charge on any atom is 0.133 e. The van der Waals surface area contributed by atoms with Gasteiger partial charge in [-0.1, -0.05) is 13.0 Å². The predicted molar refractivity (Wildman–Crippen MR) is 60.8 cm³/mol. The van der Waals surface area contributed by atoms with Gasteiger partial charge in [-0.15, -0.1) is 0 Å². The quantitative estimate of drug-likeness (QED) is 0.778. The third-order valence-corrected chi connectivity index (χ3v) is 2.27. The van der Waals surface area contributed by atoms with Crippen molar-refractivity contribution in [3.63, 3.8) is 0 Å². The van der Waals surface area contributed by atoms with Gasteiger partial charge >= 0.3 is 0 Å². The number of H-pyrrole nitrogens is 1. The molecule has 3 heteroatoms. The molecule has 0 unspecified atom stereocenters. The topological polar surface area (TPSA) is 37.9 Å². The van der Waals surface area contributed by atoms with Crippen LogP contribution >= 0.6 is 0 Å². The number of ether oxygens (including phenoxy) is 1. The molecule has 0 aliphatic heterocycles. The standard InChI is InChI=1S/C12H16N2O/c1-3-6-15-8-12-13-10-5-4-9(2)7-11(10)14-12/h4-5,7H,3,6,8H2,1-2H3,(H,13,14). The predicted octanol–water partition coefficient (Wildman–Crippen LogP) is 2.80. The monoisotopic (exact) mass is 204 g/mol. The van der Waals surface area contributed by atoms with Gasteiger partial charge in [-0.25, -0.2) is 4.98 Å². The molecule has 0 saturated heterocycles. The molecular formula is C12H16N2O. The Kier molecular flexibility index (Phi) is 3.02. The number of benzene rings is 1. The van der Waals surface area contributed by atoms with Gasteiger partial charge in [-0.05, 0) is 31.0 Å². The van der Waals surface area contributed by atoms with Crippen LogP contribution in [0.25, 0.3) is 11.0 Å². The van der Waals surface area contributed by atoms with Gasteiger partial charge in [0.2, 0.25) is 0 Å². The van der Waals surface area contributed by atoms with Crippen LogP contribution in [0.5, 0.6) is 0 Å². The first-order valence-corrected chi connectivity index (χ1v) is 5.32. The zero-order chi connectivity index (χ0) is 10.7. The van der Waals surface area contributed by atoms with E-state index in [0.29, 0.717) is 6.61 Å². The second-order valence-electron chi connectivity index (χ2n) is 3.76. The molecule has 2 rings (SSSR count). The number of aromatic amines is 1. The van der Waals surface area contributed by atoms with Crippen molar-refractivity contribution in [1.29, 1.82) is 0 Å². The van der Waals surface area contributed by atoms with Gasteiger partial charge in [0.05, 0.1) is 11.0 Å². The number of nitrogens with one attached hydrogen (secondary N) is 1. The lowest BCUT2D eigenvalue weighted by Gasteiger charge is -1.97. The van der Waals surface area contributed by atoms with E-state index in [1.807, 2.05) is 6.07 Å². The molecule has 0 spiro atoms. The van der Waals surface area contributed by atoms with Gasteiger partial charge in [-0.2, -0.15) is 0 Å². The average Bonchev–Trinajstić information content (AvgIpc) is 2.60. The number of fused-ring (bicyclic) bond motifs is 1. The van der Waals surface area contributed by atoms with E-state index >= 15 is 0 Å². The molecule has 0 amide bonds. The van der Waals surface area contributed by atoms with E-state index < -0.39 is 0 Å². The van der Waals surface area contributed by atoms with Gasteiger partial charge in [-0.3, -0.25) is 0 Å². The van der Waals surface area contributed by atoms with Gasteiger partial charge in [0.15, 0.2) is 0 Å². The molecule has 0 fully saturated rings. The van der Waals surface area contributed by atoms with Crippen molar-refractivity contribution in [3.05, 3.63) is 29.6 Å². The SMILES string of the molecule is CCCOCc1nc2ccc(C)cc2[nH]1. The first-order valence-electron chi connectivity index (χ1n) is 5.32. The van der Waals surface area contributed by atoms with Crippen molar-refractivity contribution >= 4 is 11.0 Å². The third-order valence-electron chi connectivity index (χ3n) is 2.27. The molecule has 15 heavy (non-hydrogen) atoms. The van der Waals surface area contributed by atoms with E-state index in [0.717, 1.165) is 29.9 Å². The number of aryl methyl sites for hydroxylation is 1. The van der Waals surface area contributed by atoms with E-state index in [4.69, 9.17) is 4.74 Å². The molecule has 0 aliphatic carbocycles. The molecule has 1 aromatic heterocycles. The van der Waals surface area contributed by atoms with Crippen molar-refractivity contribution in [3.8, 4) is 0 Å². The highest BCUT2D eigenvalue weighted by Crippen LogP contribution is 2.13. The summed E-state index contributed by atoms with van der Waals surface area (Å²) in [6.45, 7) is 5.53. The molecule has 1 aromatic carbocycles. The van der Waals surface area contributed by atoms with Gasteiger partial charge in [0.25, 0.3) is 0 Å². The Hall–Kier alpha value is -1.35. The average molecular weight is 204 g/mol. The zero-order valence-corrected chi connectivity index (χ0v) is 9.21. The van der Waals surface area contributed by atoms with Crippen LogP contribution < -0.4 is 0 Å². The molecule has 0 aliphatic rings. The number of rotatable bonds is 4. The fourth-order valence-corrected chi connectivity index (χ4v) is 1.56. The van der Waals surface area contributed by atoms with Crippen molar-refractivity contribution < 1.29 is 4.74 Å². The summed E-state index contributed by atoms with van der Waals surface area (Å²) >= 11 is 0. The van der Waals surface area contributed by atoms with Crippen LogP contribution in [0.3, 0.4) is 0 Å². The third kappa shape index (κ3) is 2.36. The van der Waals surface area contributed by atoms with Crippen LogP contribution in [-0.2, 0) is 11.3 Å². The second kappa shape index (κ2) is 4.45. The molecule has 3 nitrogen and oxygen atoms in total. The van der Waals surface area contributed by atoms with Gasteiger partial charge < -0.3 is 9.72 Å². The van der Waals surface area contributed by atoms with Crippen LogP contribution in [0.2, 0.25) is 0 Å². The van der Waals surface area contributed by atoms with E-state index in [2.05, 4.69) is 35.9 Å². The first-order chi connectivity index (χ1) is 7.29. The summed E-state index contributed by atoms with van der Waals surface area (Å²) in [6.07, 6.45) is 1.04. The molecule has 0 atom stereocenters. The summed E-state index contributed by atoms with van der Waals surface area (Å²) in [5.41, 5.74) is 3.34. The summed E-state index contributed by atoms with van der Waals surface area (Å²) in [6, 6.07) is 6.20. The number of hydrogen-bond donors (Lipinski definition) is 1. The van der Waals surface area contributed by atoms with E-state index in [-0.39, 0.29) is 0 Å². The minimum absolute atomic E-state index is 0.571. The number of aromatic nitrogens is 2. The zero-order valence-electron chi connectivity index (χ0n) is 9.21. The molecule has 0 bridgehead atoms. The lowest BCUT2D eigenvalue weighted by atomic mass is 10.2. The van der Waals surface area contributed by atoms with E-state index in [1.54, 1.807) is 0 Å². The Morgan fingerprint density at radius 2 is 2.27 bits per heavy atom. The van der Waals surface area contributed by atoms with E-state index in [1.165, 1.54) is 5.56 Å². The highest BCUT2D eigenvalue weighted by Gasteiger charge is 2.02. The van der Waals surface area contributed by atoms with Gasteiger partial charge in [0.1, 0.15) is 12.4 Å². The first kappa shape index (κ1) is 10.2. The van der Waals surface area contributed by atoms with Crippen molar-refractivity contribution in [2.75, 3.05) is 6.61 Å². The minimum Gasteiger partial charge on any atom is -0.374 e. The number of nitrogens with zero attached hydrogens (tertiary/aromatic N) is 1. The van der Waals surface area contributed by atoms with E-state index in [9.17, 15) is 0 Å². The lowest BCUT2D eigenvalue weighted by molar-refractivity contribution is 0.117. The maximum absolute atomic E-state index is 5.43. The summed E-state index contributed by atoms with van der Waals surface area (Å²) in [5.74, 6) is 0.907. The van der Waals surface area contributed by atoms with Crippen LogP contribution in [0.4, 0.5) is 0 Å². The molecule has 0 saturated carbocycles. The molecule has 2 aromatic rings. The molecule has 1 N–H and O–H groups in total. The molecule has 0 radical (unpaired) electrons. The van der Waals surface area contributed by atoms with Crippen molar-refractivity contribution in [2.24, 2.45) is 0 Å². The van der Waals surface area contributed by atoms with Gasteiger partial charge in [0, 0.05) is 6.61 Å². The molecule has 80 valence electrons. The summed E-state index contributed by atoms with van der Waals surface area (Å²) in [7, 11) is 0. The second-order valence-corrected chi connectivity index (χ2v) is 3.76. The summed E-state index contributed by atoms with van der Waals surface area (Å²) < 4.78 is 5.43.